The number of Topliss-reactive ketones (excluding diaryl/α,β-unsaturated/α-hetero) is 1. The maximum absolute atomic E-state index is 12.1. The number of nitrogens with one attached hydrogen (secondary N) is 2. The molecule has 1 aliphatic rings. The predicted molar refractivity (Wildman–Crippen MR) is 135 cm³/mol. The molecule has 188 valence electrons. The molecule has 0 aromatic carbocycles. The molecule has 2 N–H and O–H groups in total. The van der Waals surface area contributed by atoms with Crippen molar-refractivity contribution < 1.29 is 9.59 Å². The summed E-state index contributed by atoms with van der Waals surface area (Å²) in [7, 11) is 0. The van der Waals surface area contributed by atoms with Crippen LogP contribution < -0.4 is 10.6 Å². The molecule has 0 aromatic heterocycles. The monoisotopic (exact) mass is 452 g/mol. The Hall–Kier alpha value is -0.980. The molecule has 1 fully saturated rings. The molecule has 6 heteroatoms. The zero-order valence-electron chi connectivity index (χ0n) is 22.0. The van der Waals surface area contributed by atoms with Crippen LogP contribution in [0.1, 0.15) is 92.9 Å². The molecule has 6 nitrogen and oxygen atoms in total. The lowest BCUT2D eigenvalue weighted by Crippen LogP contribution is -2.47. The number of carbonyl (C=O) groups excluding carboxylic acids is 2. The van der Waals surface area contributed by atoms with Crippen molar-refractivity contribution in [1.29, 1.82) is 0 Å². The molecule has 1 saturated heterocycles. The first-order chi connectivity index (χ1) is 15.1. The van der Waals surface area contributed by atoms with E-state index in [-0.39, 0.29) is 16.9 Å². The highest BCUT2D eigenvalue weighted by Gasteiger charge is 2.24. The van der Waals surface area contributed by atoms with E-state index in [9.17, 15) is 9.59 Å². The van der Waals surface area contributed by atoms with Crippen LogP contribution in [0.15, 0.2) is 0 Å². The predicted octanol–water partition coefficient (Wildman–Crippen LogP) is 3.84. The van der Waals surface area contributed by atoms with Gasteiger partial charge in [0.15, 0.2) is 0 Å². The second-order valence-corrected chi connectivity index (χ2v) is 10.8. The van der Waals surface area contributed by atoms with Gasteiger partial charge in [0.1, 0.15) is 5.78 Å². The molecule has 32 heavy (non-hydrogen) atoms. The smallest absolute Gasteiger partial charge is 0.219 e. The van der Waals surface area contributed by atoms with Gasteiger partial charge in [-0.05, 0) is 72.0 Å². The number of piperazine rings is 1. The van der Waals surface area contributed by atoms with Crippen molar-refractivity contribution in [2.75, 3.05) is 52.4 Å². The molecule has 0 unspecified atom stereocenters. The van der Waals surface area contributed by atoms with Crippen LogP contribution in [0.5, 0.6) is 0 Å². The second kappa shape index (κ2) is 15.0. The molecule has 1 amide bonds. The largest absolute Gasteiger partial charge is 0.356 e. The van der Waals surface area contributed by atoms with Gasteiger partial charge < -0.3 is 20.4 Å². The molecule has 1 aliphatic heterocycles. The first-order valence-electron chi connectivity index (χ1n) is 13.1. The zero-order chi connectivity index (χ0) is 24.0. The number of rotatable bonds is 17. The maximum atomic E-state index is 12.1. The van der Waals surface area contributed by atoms with Crippen molar-refractivity contribution in [2.45, 2.75) is 98.4 Å². The summed E-state index contributed by atoms with van der Waals surface area (Å²) in [5, 5.41) is 6.69. The Morgan fingerprint density at radius 2 is 1.28 bits per heavy atom. The maximum Gasteiger partial charge on any atom is 0.219 e. The Morgan fingerprint density at radius 3 is 1.81 bits per heavy atom. The molecule has 0 aromatic rings. The summed E-state index contributed by atoms with van der Waals surface area (Å²) in [6, 6.07) is 0. The van der Waals surface area contributed by atoms with E-state index in [1.165, 1.54) is 13.0 Å². The van der Waals surface area contributed by atoms with Crippen molar-refractivity contribution in [1.82, 2.24) is 20.4 Å². The number of carbonyl (C=O) groups is 2. The van der Waals surface area contributed by atoms with E-state index >= 15 is 0 Å². The first kappa shape index (κ1) is 29.1. The summed E-state index contributed by atoms with van der Waals surface area (Å²) in [4.78, 5) is 29.2. The average Bonchev–Trinajstić information content (AvgIpc) is 2.78. The molecule has 1 rings (SSSR count). The topological polar surface area (TPSA) is 64.7 Å². The fraction of sp³-hybridized carbons (Fsp3) is 0.923. The summed E-state index contributed by atoms with van der Waals surface area (Å²) < 4.78 is 0. The van der Waals surface area contributed by atoms with Gasteiger partial charge in [-0.1, -0.05) is 27.7 Å². The SMILES string of the molecule is CCC(C)(C)NCCCN1CCN(CCCNC(=O)CCCCC(=O)C(C)(C)CC)CC1. The Balaban J connectivity index is 2.01. The summed E-state index contributed by atoms with van der Waals surface area (Å²) >= 11 is 0. The van der Waals surface area contributed by atoms with Crippen LogP contribution in [-0.2, 0) is 9.59 Å². The highest BCUT2D eigenvalue weighted by Crippen LogP contribution is 2.23. The summed E-state index contributed by atoms with van der Waals surface area (Å²) in [6.45, 7) is 21.5. The fourth-order valence-electron chi connectivity index (χ4n) is 3.82. The summed E-state index contributed by atoms with van der Waals surface area (Å²) in [6.07, 6.45) is 6.97. The van der Waals surface area contributed by atoms with Crippen LogP contribution in [0.25, 0.3) is 0 Å². The Bertz CT molecular complexity index is 540. The quantitative estimate of drug-likeness (QED) is 0.328. The van der Waals surface area contributed by atoms with E-state index in [0.717, 1.165) is 77.9 Å². The van der Waals surface area contributed by atoms with Gasteiger partial charge in [0.05, 0.1) is 0 Å². The van der Waals surface area contributed by atoms with Crippen LogP contribution >= 0.6 is 0 Å². The van der Waals surface area contributed by atoms with Gasteiger partial charge in [0, 0.05) is 56.5 Å². The third kappa shape index (κ3) is 12.3. The van der Waals surface area contributed by atoms with Crippen molar-refractivity contribution in [3.63, 3.8) is 0 Å². The lowest BCUT2D eigenvalue weighted by atomic mass is 9.83. The zero-order valence-corrected chi connectivity index (χ0v) is 22.0. The van der Waals surface area contributed by atoms with Crippen LogP contribution in [0.3, 0.4) is 0 Å². The average molecular weight is 453 g/mol. The fourth-order valence-corrected chi connectivity index (χ4v) is 3.82. The van der Waals surface area contributed by atoms with Crippen LogP contribution in [-0.4, -0.2) is 79.4 Å². The Morgan fingerprint density at radius 1 is 0.750 bits per heavy atom. The van der Waals surface area contributed by atoms with Gasteiger partial charge >= 0.3 is 0 Å². The summed E-state index contributed by atoms with van der Waals surface area (Å²) in [5.41, 5.74) is 0.0236. The molecule has 0 spiro atoms. The Kier molecular flexibility index (Phi) is 13.6. The van der Waals surface area contributed by atoms with Crippen molar-refractivity contribution >= 4 is 11.7 Å². The summed E-state index contributed by atoms with van der Waals surface area (Å²) in [5.74, 6) is 0.439. The van der Waals surface area contributed by atoms with Gasteiger partial charge in [-0.15, -0.1) is 0 Å². The van der Waals surface area contributed by atoms with Gasteiger partial charge in [0.25, 0.3) is 0 Å². The van der Waals surface area contributed by atoms with E-state index in [4.69, 9.17) is 0 Å². The highest BCUT2D eigenvalue weighted by atomic mass is 16.1. The van der Waals surface area contributed by atoms with Crippen molar-refractivity contribution in [3.05, 3.63) is 0 Å². The number of hydrogen-bond acceptors (Lipinski definition) is 5. The van der Waals surface area contributed by atoms with E-state index in [1.54, 1.807) is 0 Å². The normalized spacial score (nSPS) is 16.3. The molecule has 0 saturated carbocycles. The minimum atomic E-state index is -0.225. The van der Waals surface area contributed by atoms with Crippen LogP contribution in [0, 0.1) is 5.41 Å². The standard InChI is InChI=1S/C26H52N4O2/c1-7-25(3,4)23(31)13-9-10-14-24(32)27-15-11-17-29-19-21-30(22-20-29)18-12-16-28-26(5,6)8-2/h28H,7-22H2,1-6H3,(H,27,32). The van der Waals surface area contributed by atoms with E-state index in [0.29, 0.717) is 18.6 Å². The lowest BCUT2D eigenvalue weighted by Gasteiger charge is -2.35. The molecule has 0 atom stereocenters. The molecule has 1 heterocycles. The van der Waals surface area contributed by atoms with Gasteiger partial charge in [0.2, 0.25) is 5.91 Å². The Labute approximate surface area is 198 Å². The van der Waals surface area contributed by atoms with E-state index < -0.39 is 0 Å². The number of ketones is 1. The molecular formula is C26H52N4O2. The van der Waals surface area contributed by atoms with Crippen molar-refractivity contribution in [3.8, 4) is 0 Å². The van der Waals surface area contributed by atoms with E-state index in [2.05, 4.69) is 48.1 Å². The van der Waals surface area contributed by atoms with Gasteiger partial charge in [-0.2, -0.15) is 0 Å². The highest BCUT2D eigenvalue weighted by molar-refractivity contribution is 5.84. The molecular weight excluding hydrogens is 400 g/mol. The van der Waals surface area contributed by atoms with Gasteiger partial charge in [-0.25, -0.2) is 0 Å². The third-order valence-corrected chi connectivity index (χ3v) is 7.27. The molecule has 0 radical (unpaired) electrons. The number of unbranched alkanes of at least 4 members (excludes halogenated alkanes) is 1. The van der Waals surface area contributed by atoms with E-state index in [1.807, 2.05) is 13.8 Å². The number of nitrogens with zero attached hydrogens (tertiary/aromatic N) is 2. The third-order valence-electron chi connectivity index (χ3n) is 7.27. The van der Waals surface area contributed by atoms with Crippen molar-refractivity contribution in [2.24, 2.45) is 5.41 Å². The van der Waals surface area contributed by atoms with Gasteiger partial charge in [-0.3, -0.25) is 9.59 Å². The minimum absolute atomic E-state index is 0.122. The first-order valence-corrected chi connectivity index (χ1v) is 13.1. The number of hydrogen-bond donors (Lipinski definition) is 2. The second-order valence-electron chi connectivity index (χ2n) is 10.8. The van der Waals surface area contributed by atoms with Crippen LogP contribution in [0.2, 0.25) is 0 Å². The molecule has 0 aliphatic carbocycles. The minimum Gasteiger partial charge on any atom is -0.356 e. The number of amides is 1. The van der Waals surface area contributed by atoms with Crippen LogP contribution in [0.4, 0.5) is 0 Å². The lowest BCUT2D eigenvalue weighted by molar-refractivity contribution is -0.127. The molecule has 0 bridgehead atoms.